The van der Waals surface area contributed by atoms with Crippen LogP contribution in [-0.2, 0) is 0 Å². The number of hydrogen-bond acceptors (Lipinski definition) is 6. The van der Waals surface area contributed by atoms with Gasteiger partial charge in [0.25, 0.3) is 5.69 Å². The van der Waals surface area contributed by atoms with Crippen molar-refractivity contribution >= 4 is 5.69 Å². The molecule has 17 heavy (non-hydrogen) atoms. The number of nitrogens with zero attached hydrogens (tertiary/aromatic N) is 2. The highest BCUT2D eigenvalue weighted by Gasteiger charge is 2.25. The maximum absolute atomic E-state index is 10.8. The van der Waals surface area contributed by atoms with E-state index in [1.165, 1.54) is 12.1 Å². The van der Waals surface area contributed by atoms with E-state index >= 15 is 0 Å². The topological polar surface area (TPSA) is 133 Å². The first-order valence-corrected chi connectivity index (χ1v) is 4.76. The summed E-state index contributed by atoms with van der Waals surface area (Å²) in [4.78, 5) is 10.1. The summed E-state index contributed by atoms with van der Waals surface area (Å²) in [6.07, 6.45) is -2.74. The Morgan fingerprint density at radius 3 is 2.65 bits per heavy atom. The van der Waals surface area contributed by atoms with Gasteiger partial charge in [0.1, 0.15) is 6.10 Å². The summed E-state index contributed by atoms with van der Waals surface area (Å²) in [5, 5.41) is 38.4. The van der Waals surface area contributed by atoms with Crippen LogP contribution >= 0.6 is 0 Å². The van der Waals surface area contributed by atoms with Gasteiger partial charge >= 0.3 is 0 Å². The van der Waals surface area contributed by atoms with E-state index in [2.05, 4.69) is 0 Å². The largest absolute Gasteiger partial charge is 0.389 e. The van der Waals surface area contributed by atoms with E-state index in [0.717, 1.165) is 6.07 Å². The summed E-state index contributed by atoms with van der Waals surface area (Å²) in [5.41, 5.74) is 4.79. The molecule has 0 aromatic heterocycles. The fourth-order valence-electron chi connectivity index (χ4n) is 1.36. The summed E-state index contributed by atoms with van der Waals surface area (Å²) in [6, 6.07) is 5.37. The second-order valence-corrected chi connectivity index (χ2v) is 3.39. The predicted molar refractivity (Wildman–Crippen MR) is 57.8 cm³/mol. The van der Waals surface area contributed by atoms with Crippen molar-refractivity contribution in [3.8, 4) is 6.07 Å². The van der Waals surface area contributed by atoms with Gasteiger partial charge in [-0.15, -0.1) is 0 Å². The molecule has 7 nitrogen and oxygen atoms in total. The first kappa shape index (κ1) is 13.1. The van der Waals surface area contributed by atoms with Gasteiger partial charge in [0.2, 0.25) is 0 Å². The maximum atomic E-state index is 10.8. The monoisotopic (exact) mass is 237 g/mol. The average molecular weight is 237 g/mol. The summed E-state index contributed by atoms with van der Waals surface area (Å²) in [7, 11) is 0. The Kier molecular flexibility index (Phi) is 4.12. The highest BCUT2D eigenvalue weighted by molar-refractivity contribution is 5.48. The van der Waals surface area contributed by atoms with Gasteiger partial charge < -0.3 is 15.9 Å². The third-order valence-electron chi connectivity index (χ3n) is 2.28. The van der Waals surface area contributed by atoms with Crippen molar-refractivity contribution in [3.05, 3.63) is 39.4 Å². The standard InChI is InChI=1S/C10H11N3O4/c11-4-6-1-2-7(8(3-6)13(16)17)10(15)9(14)5-12/h1-3,9-10,14-15H,5,12H2. The molecule has 4 N–H and O–H groups in total. The maximum Gasteiger partial charge on any atom is 0.276 e. The van der Waals surface area contributed by atoms with Gasteiger partial charge in [0, 0.05) is 12.6 Å². The lowest BCUT2D eigenvalue weighted by atomic mass is 10.0. The quantitative estimate of drug-likeness (QED) is 0.491. The van der Waals surface area contributed by atoms with E-state index in [0.29, 0.717) is 0 Å². The molecule has 0 saturated heterocycles. The number of nitriles is 1. The van der Waals surface area contributed by atoms with Gasteiger partial charge in [-0.05, 0) is 12.1 Å². The molecule has 0 fully saturated rings. The van der Waals surface area contributed by atoms with Crippen LogP contribution in [0.3, 0.4) is 0 Å². The van der Waals surface area contributed by atoms with E-state index in [1.54, 1.807) is 6.07 Å². The summed E-state index contributed by atoms with van der Waals surface area (Å²) >= 11 is 0. The second-order valence-electron chi connectivity index (χ2n) is 3.39. The Balaban J connectivity index is 3.24. The minimum Gasteiger partial charge on any atom is -0.389 e. The van der Waals surface area contributed by atoms with Crippen LogP contribution in [0.4, 0.5) is 5.69 Å². The van der Waals surface area contributed by atoms with E-state index < -0.39 is 22.8 Å². The molecule has 0 aliphatic rings. The molecular formula is C10H11N3O4. The van der Waals surface area contributed by atoms with Crippen molar-refractivity contribution in [2.45, 2.75) is 12.2 Å². The Hall–Kier alpha value is -2.01. The zero-order chi connectivity index (χ0) is 13.0. The molecule has 90 valence electrons. The summed E-state index contributed by atoms with van der Waals surface area (Å²) in [6.45, 7) is -0.224. The number of aliphatic hydroxyl groups excluding tert-OH is 2. The van der Waals surface area contributed by atoms with Gasteiger partial charge in [-0.25, -0.2) is 0 Å². The van der Waals surface area contributed by atoms with Gasteiger partial charge in [-0.2, -0.15) is 5.26 Å². The molecule has 0 radical (unpaired) electrons. The lowest BCUT2D eigenvalue weighted by Gasteiger charge is -2.16. The SMILES string of the molecule is N#Cc1ccc(C(O)C(O)CN)c([N+](=O)[O-])c1. The van der Waals surface area contributed by atoms with E-state index in [1.807, 2.05) is 0 Å². The molecule has 0 aliphatic carbocycles. The Morgan fingerprint density at radius 2 is 2.18 bits per heavy atom. The lowest BCUT2D eigenvalue weighted by Crippen LogP contribution is -2.27. The fourth-order valence-corrected chi connectivity index (χ4v) is 1.36. The van der Waals surface area contributed by atoms with Crippen molar-refractivity contribution in [1.82, 2.24) is 0 Å². The average Bonchev–Trinajstić information content (AvgIpc) is 2.35. The minimum absolute atomic E-state index is 0.0630. The molecule has 0 amide bonds. The Labute approximate surface area is 96.9 Å². The van der Waals surface area contributed by atoms with Crippen molar-refractivity contribution in [2.24, 2.45) is 5.73 Å². The van der Waals surface area contributed by atoms with Crippen LogP contribution in [-0.4, -0.2) is 27.8 Å². The van der Waals surface area contributed by atoms with Gasteiger partial charge in [-0.3, -0.25) is 10.1 Å². The normalized spacial score (nSPS) is 13.8. The summed E-state index contributed by atoms with van der Waals surface area (Å²) < 4.78 is 0. The number of nitro benzene ring substituents is 1. The molecule has 7 heteroatoms. The van der Waals surface area contributed by atoms with Gasteiger partial charge in [0.15, 0.2) is 0 Å². The van der Waals surface area contributed by atoms with Crippen LogP contribution in [0.15, 0.2) is 18.2 Å². The van der Waals surface area contributed by atoms with Crippen LogP contribution in [0.1, 0.15) is 17.2 Å². The zero-order valence-electron chi connectivity index (χ0n) is 8.78. The third-order valence-corrected chi connectivity index (χ3v) is 2.28. The number of nitro groups is 1. The van der Waals surface area contributed by atoms with Crippen molar-refractivity contribution in [1.29, 1.82) is 5.26 Å². The second kappa shape index (κ2) is 5.36. The first-order chi connectivity index (χ1) is 8.01. The molecular weight excluding hydrogens is 226 g/mol. The van der Waals surface area contributed by atoms with E-state index in [9.17, 15) is 20.3 Å². The van der Waals surface area contributed by atoms with Crippen LogP contribution < -0.4 is 5.73 Å². The molecule has 0 aliphatic heterocycles. The van der Waals surface area contributed by atoms with Crippen LogP contribution in [0.25, 0.3) is 0 Å². The molecule has 0 spiro atoms. The predicted octanol–water partition coefficient (Wildman–Crippen LogP) is -0.181. The Morgan fingerprint density at radius 1 is 1.53 bits per heavy atom. The highest BCUT2D eigenvalue weighted by atomic mass is 16.6. The van der Waals surface area contributed by atoms with Crippen molar-refractivity contribution in [3.63, 3.8) is 0 Å². The van der Waals surface area contributed by atoms with Crippen molar-refractivity contribution < 1.29 is 15.1 Å². The molecule has 1 aromatic rings. The number of aliphatic hydroxyl groups is 2. The zero-order valence-corrected chi connectivity index (χ0v) is 8.78. The summed E-state index contributed by atoms with van der Waals surface area (Å²) in [5.74, 6) is 0. The Bertz CT molecular complexity index is 469. The lowest BCUT2D eigenvalue weighted by molar-refractivity contribution is -0.386. The first-order valence-electron chi connectivity index (χ1n) is 4.76. The highest BCUT2D eigenvalue weighted by Crippen LogP contribution is 2.28. The molecule has 0 bridgehead atoms. The molecule has 2 unspecified atom stereocenters. The number of nitrogens with two attached hydrogens (primary N) is 1. The number of hydrogen-bond donors (Lipinski definition) is 3. The van der Waals surface area contributed by atoms with Gasteiger partial charge in [0.05, 0.1) is 28.2 Å². The van der Waals surface area contributed by atoms with Crippen LogP contribution in [0.2, 0.25) is 0 Å². The van der Waals surface area contributed by atoms with E-state index in [-0.39, 0.29) is 17.7 Å². The number of rotatable bonds is 4. The van der Waals surface area contributed by atoms with Gasteiger partial charge in [-0.1, -0.05) is 0 Å². The molecule has 0 saturated carbocycles. The van der Waals surface area contributed by atoms with Crippen LogP contribution in [0, 0.1) is 21.4 Å². The molecule has 1 rings (SSSR count). The third kappa shape index (κ3) is 2.76. The van der Waals surface area contributed by atoms with Crippen LogP contribution in [0.5, 0.6) is 0 Å². The van der Waals surface area contributed by atoms with Crippen molar-refractivity contribution in [2.75, 3.05) is 6.54 Å². The smallest absolute Gasteiger partial charge is 0.276 e. The molecule has 2 atom stereocenters. The fraction of sp³-hybridized carbons (Fsp3) is 0.300. The number of benzene rings is 1. The minimum atomic E-state index is -1.45. The van der Waals surface area contributed by atoms with E-state index in [4.69, 9.17) is 11.0 Å². The molecule has 1 aromatic carbocycles. The molecule has 0 heterocycles.